The first kappa shape index (κ1) is 13.4. The standard InChI is InChI=1S/C14H19N3O2/c1-16(2)10-7-8-12-11(9-10)15-13(17(12)3)5-4-6-14(18)19/h7-9H,4-6H2,1-3H3,(H,18,19). The Labute approximate surface area is 112 Å². The van der Waals surface area contributed by atoms with Gasteiger partial charge in [-0.25, -0.2) is 4.98 Å². The van der Waals surface area contributed by atoms with E-state index in [0.29, 0.717) is 12.8 Å². The number of carboxylic acid groups (broad SMARTS) is 1. The predicted molar refractivity (Wildman–Crippen MR) is 75.6 cm³/mol. The number of carboxylic acids is 1. The van der Waals surface area contributed by atoms with Crippen LogP contribution in [0.5, 0.6) is 0 Å². The van der Waals surface area contributed by atoms with Gasteiger partial charge < -0.3 is 14.6 Å². The monoisotopic (exact) mass is 261 g/mol. The van der Waals surface area contributed by atoms with Gasteiger partial charge in [-0.15, -0.1) is 0 Å². The molecule has 1 aromatic carbocycles. The van der Waals surface area contributed by atoms with Gasteiger partial charge in [-0.3, -0.25) is 4.79 Å². The Morgan fingerprint density at radius 3 is 2.79 bits per heavy atom. The number of carbonyl (C=O) groups is 1. The number of nitrogens with zero attached hydrogens (tertiary/aromatic N) is 3. The lowest BCUT2D eigenvalue weighted by Crippen LogP contribution is -2.08. The Kier molecular flexibility index (Phi) is 3.74. The molecule has 1 heterocycles. The highest BCUT2D eigenvalue weighted by Gasteiger charge is 2.09. The zero-order valence-corrected chi connectivity index (χ0v) is 11.6. The summed E-state index contributed by atoms with van der Waals surface area (Å²) in [5.41, 5.74) is 3.15. The van der Waals surface area contributed by atoms with Crippen molar-refractivity contribution in [3.05, 3.63) is 24.0 Å². The molecule has 0 bridgehead atoms. The topological polar surface area (TPSA) is 58.4 Å². The maximum atomic E-state index is 10.5. The molecule has 1 N–H and O–H groups in total. The average molecular weight is 261 g/mol. The summed E-state index contributed by atoms with van der Waals surface area (Å²) in [5, 5.41) is 8.67. The molecule has 0 saturated heterocycles. The molecule has 0 fully saturated rings. The number of fused-ring (bicyclic) bond motifs is 1. The van der Waals surface area contributed by atoms with Crippen molar-refractivity contribution in [2.24, 2.45) is 7.05 Å². The number of aryl methyl sites for hydroxylation is 2. The molecule has 2 rings (SSSR count). The van der Waals surface area contributed by atoms with Crippen LogP contribution in [-0.2, 0) is 18.3 Å². The first-order chi connectivity index (χ1) is 8.99. The Bertz CT molecular complexity index is 602. The van der Waals surface area contributed by atoms with E-state index in [2.05, 4.69) is 23.2 Å². The first-order valence-corrected chi connectivity index (χ1v) is 6.33. The number of rotatable bonds is 5. The maximum Gasteiger partial charge on any atom is 0.303 e. The lowest BCUT2D eigenvalue weighted by atomic mass is 10.2. The van der Waals surface area contributed by atoms with Crippen LogP contribution in [0, 0.1) is 0 Å². The van der Waals surface area contributed by atoms with Crippen molar-refractivity contribution in [3.8, 4) is 0 Å². The minimum Gasteiger partial charge on any atom is -0.481 e. The third-order valence-corrected chi connectivity index (χ3v) is 3.26. The largest absolute Gasteiger partial charge is 0.481 e. The molecule has 0 atom stereocenters. The summed E-state index contributed by atoms with van der Waals surface area (Å²) in [6, 6.07) is 6.17. The molecule has 0 saturated carbocycles. The molecule has 0 aliphatic rings. The molecule has 5 nitrogen and oxygen atoms in total. The van der Waals surface area contributed by atoms with Crippen LogP contribution in [-0.4, -0.2) is 34.7 Å². The van der Waals surface area contributed by atoms with Gasteiger partial charge in [0.15, 0.2) is 0 Å². The van der Waals surface area contributed by atoms with Gasteiger partial charge in [-0.2, -0.15) is 0 Å². The van der Waals surface area contributed by atoms with Crippen molar-refractivity contribution in [2.45, 2.75) is 19.3 Å². The minimum atomic E-state index is -0.756. The summed E-state index contributed by atoms with van der Waals surface area (Å²) in [6.45, 7) is 0. The average Bonchev–Trinajstić information content (AvgIpc) is 2.65. The van der Waals surface area contributed by atoms with E-state index in [1.54, 1.807) is 0 Å². The molecular formula is C14H19N3O2. The number of aliphatic carboxylic acids is 1. The normalized spacial score (nSPS) is 10.9. The van der Waals surface area contributed by atoms with E-state index in [4.69, 9.17) is 5.11 Å². The smallest absolute Gasteiger partial charge is 0.303 e. The van der Waals surface area contributed by atoms with E-state index in [-0.39, 0.29) is 6.42 Å². The Hall–Kier alpha value is -2.04. The fourth-order valence-corrected chi connectivity index (χ4v) is 2.14. The van der Waals surface area contributed by atoms with Crippen LogP contribution in [0.4, 0.5) is 5.69 Å². The second-order valence-electron chi connectivity index (χ2n) is 4.90. The molecular weight excluding hydrogens is 242 g/mol. The van der Waals surface area contributed by atoms with Gasteiger partial charge in [0.1, 0.15) is 5.82 Å². The van der Waals surface area contributed by atoms with E-state index in [1.807, 2.05) is 30.6 Å². The summed E-state index contributed by atoms with van der Waals surface area (Å²) in [5.74, 6) is 0.181. The molecule has 1 aromatic heterocycles. The second-order valence-corrected chi connectivity index (χ2v) is 4.90. The molecule has 19 heavy (non-hydrogen) atoms. The lowest BCUT2D eigenvalue weighted by Gasteiger charge is -2.11. The van der Waals surface area contributed by atoms with Gasteiger partial charge in [-0.1, -0.05) is 0 Å². The van der Waals surface area contributed by atoms with Crippen LogP contribution in [0.15, 0.2) is 18.2 Å². The van der Waals surface area contributed by atoms with Gasteiger partial charge >= 0.3 is 5.97 Å². The number of hydrogen-bond acceptors (Lipinski definition) is 3. The van der Waals surface area contributed by atoms with Crippen LogP contribution in [0.25, 0.3) is 11.0 Å². The van der Waals surface area contributed by atoms with Crippen molar-refractivity contribution in [3.63, 3.8) is 0 Å². The zero-order valence-electron chi connectivity index (χ0n) is 11.6. The summed E-state index contributed by atoms with van der Waals surface area (Å²) < 4.78 is 2.04. The third-order valence-electron chi connectivity index (χ3n) is 3.26. The number of benzene rings is 1. The predicted octanol–water partition coefficient (Wildman–Crippen LogP) is 2.05. The van der Waals surface area contributed by atoms with E-state index >= 15 is 0 Å². The van der Waals surface area contributed by atoms with Crippen LogP contribution < -0.4 is 4.90 Å². The number of hydrogen-bond donors (Lipinski definition) is 1. The van der Waals surface area contributed by atoms with Crippen LogP contribution in [0.3, 0.4) is 0 Å². The van der Waals surface area contributed by atoms with Gasteiger partial charge in [0.2, 0.25) is 0 Å². The number of aromatic nitrogens is 2. The third kappa shape index (κ3) is 2.86. The zero-order chi connectivity index (χ0) is 14.0. The van der Waals surface area contributed by atoms with Crippen molar-refractivity contribution in [1.29, 1.82) is 0 Å². The van der Waals surface area contributed by atoms with E-state index < -0.39 is 5.97 Å². The van der Waals surface area contributed by atoms with Crippen molar-refractivity contribution in [1.82, 2.24) is 9.55 Å². The first-order valence-electron chi connectivity index (χ1n) is 6.33. The van der Waals surface area contributed by atoms with Crippen LogP contribution in [0.2, 0.25) is 0 Å². The molecule has 5 heteroatoms. The fraction of sp³-hybridized carbons (Fsp3) is 0.429. The van der Waals surface area contributed by atoms with Gasteiger partial charge in [-0.05, 0) is 24.6 Å². The van der Waals surface area contributed by atoms with E-state index in [0.717, 1.165) is 22.5 Å². The molecule has 0 aliphatic heterocycles. The maximum absolute atomic E-state index is 10.5. The second kappa shape index (κ2) is 5.30. The van der Waals surface area contributed by atoms with E-state index in [9.17, 15) is 4.79 Å². The summed E-state index contributed by atoms with van der Waals surface area (Å²) in [7, 11) is 5.97. The van der Waals surface area contributed by atoms with Gasteiger partial charge in [0.05, 0.1) is 11.0 Å². The van der Waals surface area contributed by atoms with Crippen molar-refractivity contribution < 1.29 is 9.90 Å². The molecule has 0 radical (unpaired) electrons. The Balaban J connectivity index is 2.26. The van der Waals surface area contributed by atoms with E-state index in [1.165, 1.54) is 0 Å². The van der Waals surface area contributed by atoms with Crippen molar-refractivity contribution in [2.75, 3.05) is 19.0 Å². The highest BCUT2D eigenvalue weighted by atomic mass is 16.4. The number of anilines is 1. The van der Waals surface area contributed by atoms with Gasteiger partial charge in [0, 0.05) is 39.7 Å². The molecule has 0 amide bonds. The SMILES string of the molecule is CN(C)c1ccc2c(c1)nc(CCCC(=O)O)n2C. The lowest BCUT2D eigenvalue weighted by molar-refractivity contribution is -0.137. The van der Waals surface area contributed by atoms with Crippen LogP contribution >= 0.6 is 0 Å². The highest BCUT2D eigenvalue weighted by molar-refractivity contribution is 5.80. The molecule has 0 spiro atoms. The Morgan fingerprint density at radius 1 is 1.42 bits per heavy atom. The molecule has 0 unspecified atom stereocenters. The summed E-state index contributed by atoms with van der Waals surface area (Å²) in [6.07, 6.45) is 1.49. The quantitative estimate of drug-likeness (QED) is 0.895. The van der Waals surface area contributed by atoms with Gasteiger partial charge in [0.25, 0.3) is 0 Å². The summed E-state index contributed by atoms with van der Waals surface area (Å²) in [4.78, 5) is 17.2. The van der Waals surface area contributed by atoms with Crippen molar-refractivity contribution >= 4 is 22.7 Å². The molecule has 2 aromatic rings. The highest BCUT2D eigenvalue weighted by Crippen LogP contribution is 2.21. The molecule has 0 aliphatic carbocycles. The summed E-state index contributed by atoms with van der Waals surface area (Å²) >= 11 is 0. The minimum absolute atomic E-state index is 0.187. The van der Waals surface area contributed by atoms with Crippen LogP contribution in [0.1, 0.15) is 18.7 Å². The number of imidazole rings is 1. The Morgan fingerprint density at radius 2 is 2.16 bits per heavy atom. The molecule has 102 valence electrons. The fourth-order valence-electron chi connectivity index (χ4n) is 2.14.